The van der Waals surface area contributed by atoms with E-state index in [9.17, 15) is 23.1 Å². The van der Waals surface area contributed by atoms with Crippen LogP contribution < -0.4 is 14.4 Å². The number of nitrogens with zero attached hydrogens (tertiary/aromatic N) is 2. The van der Waals surface area contributed by atoms with Gasteiger partial charge in [-0.1, -0.05) is 28.6 Å². The third-order valence-corrected chi connectivity index (χ3v) is 8.25. The molecular weight excluding hydrogens is 584 g/mol. The fourth-order valence-electron chi connectivity index (χ4n) is 4.54. The first kappa shape index (κ1) is 27.9. The average Bonchev–Trinajstić information content (AvgIpc) is 2.99. The number of aliphatic hydroxyl groups is 1. The smallest absolute Gasteiger partial charge is 0.416 e. The summed E-state index contributed by atoms with van der Waals surface area (Å²) in [7, 11) is -1.31. The van der Waals surface area contributed by atoms with Crippen molar-refractivity contribution in [3.05, 3.63) is 59.1 Å². The van der Waals surface area contributed by atoms with Crippen molar-refractivity contribution in [2.24, 2.45) is 0 Å². The molecule has 0 bridgehead atoms. The zero-order valence-corrected chi connectivity index (χ0v) is 23.1. The van der Waals surface area contributed by atoms with E-state index in [1.807, 2.05) is 0 Å². The number of rotatable bonds is 7. The zero-order valence-electron chi connectivity index (χ0n) is 20.7. The van der Waals surface area contributed by atoms with E-state index in [0.717, 1.165) is 4.90 Å². The standard InChI is InChI=1S/C25H27BrN2O9S/c1-4-11-36-25(31)28-19-14-22(35-3)21(34-2)13-18(19)23(29)27-10-9-16(12-20(27)24(28)30)37-38(32,33)17-7-5-15(26)6-8-17/h4-8,13-14,16,20,24,30H,1,9-12H2,2-3H3/t16-,20+,24?/m1/s1. The van der Waals surface area contributed by atoms with Gasteiger partial charge < -0.3 is 24.2 Å². The lowest BCUT2D eigenvalue weighted by Crippen LogP contribution is -2.57. The third kappa shape index (κ3) is 5.37. The Hall–Kier alpha value is -3.13. The molecule has 0 radical (unpaired) electrons. The number of hydrogen-bond donors (Lipinski definition) is 1. The van der Waals surface area contributed by atoms with Crippen molar-refractivity contribution in [1.82, 2.24) is 4.90 Å². The molecule has 38 heavy (non-hydrogen) atoms. The molecule has 0 spiro atoms. The van der Waals surface area contributed by atoms with Crippen molar-refractivity contribution < 1.29 is 41.5 Å². The molecule has 3 atom stereocenters. The van der Waals surface area contributed by atoms with Crippen molar-refractivity contribution >= 4 is 43.7 Å². The van der Waals surface area contributed by atoms with Crippen LogP contribution in [0, 0.1) is 0 Å². The Kier molecular flexibility index (Phi) is 8.31. The number of halogens is 1. The van der Waals surface area contributed by atoms with Gasteiger partial charge in [-0.25, -0.2) is 9.69 Å². The van der Waals surface area contributed by atoms with Gasteiger partial charge in [0.1, 0.15) is 6.61 Å². The lowest BCUT2D eigenvalue weighted by Gasteiger charge is -2.41. The Balaban J connectivity index is 1.70. The summed E-state index contributed by atoms with van der Waals surface area (Å²) in [5, 5.41) is 11.5. The molecule has 4 rings (SSSR count). The Morgan fingerprint density at radius 3 is 2.47 bits per heavy atom. The average molecular weight is 611 g/mol. The molecule has 204 valence electrons. The van der Waals surface area contributed by atoms with E-state index in [1.165, 1.54) is 49.5 Å². The second-order valence-corrected chi connectivity index (χ2v) is 11.1. The third-order valence-electron chi connectivity index (χ3n) is 6.34. The number of aliphatic hydroxyl groups excluding tert-OH is 1. The van der Waals surface area contributed by atoms with Crippen LogP contribution >= 0.6 is 15.9 Å². The number of carbonyl (C=O) groups excluding carboxylic acids is 2. The van der Waals surface area contributed by atoms with E-state index >= 15 is 0 Å². The molecule has 2 amide bonds. The van der Waals surface area contributed by atoms with Gasteiger partial charge in [-0.2, -0.15) is 8.42 Å². The maximum absolute atomic E-state index is 13.7. The summed E-state index contributed by atoms with van der Waals surface area (Å²) in [6, 6.07) is 7.83. The molecule has 13 heteroatoms. The predicted molar refractivity (Wildman–Crippen MR) is 140 cm³/mol. The van der Waals surface area contributed by atoms with Crippen LogP contribution in [0.4, 0.5) is 10.5 Å². The second kappa shape index (κ2) is 11.3. The number of hydrogen-bond acceptors (Lipinski definition) is 9. The summed E-state index contributed by atoms with van der Waals surface area (Å²) >= 11 is 3.27. The van der Waals surface area contributed by atoms with Crippen LogP contribution in [0.3, 0.4) is 0 Å². The van der Waals surface area contributed by atoms with Gasteiger partial charge in [-0.3, -0.25) is 8.98 Å². The normalized spacial score (nSPS) is 21.2. The van der Waals surface area contributed by atoms with Crippen LogP contribution in [-0.4, -0.2) is 76.2 Å². The highest BCUT2D eigenvalue weighted by Crippen LogP contribution is 2.41. The Labute approximate surface area is 228 Å². The molecule has 1 unspecified atom stereocenters. The first-order chi connectivity index (χ1) is 18.1. The van der Waals surface area contributed by atoms with E-state index < -0.39 is 40.5 Å². The van der Waals surface area contributed by atoms with Crippen LogP contribution in [0.2, 0.25) is 0 Å². The number of benzene rings is 2. The highest BCUT2D eigenvalue weighted by atomic mass is 79.9. The van der Waals surface area contributed by atoms with Gasteiger partial charge in [0, 0.05) is 17.1 Å². The number of fused-ring (bicyclic) bond motifs is 2. The van der Waals surface area contributed by atoms with E-state index in [2.05, 4.69) is 22.5 Å². The molecule has 0 saturated carbocycles. The molecule has 1 fully saturated rings. The lowest BCUT2D eigenvalue weighted by atomic mass is 9.97. The van der Waals surface area contributed by atoms with E-state index in [0.29, 0.717) is 4.47 Å². The molecule has 2 aromatic carbocycles. The van der Waals surface area contributed by atoms with Crippen LogP contribution in [0.1, 0.15) is 23.2 Å². The molecule has 0 aromatic heterocycles. The Bertz CT molecular complexity index is 1330. The van der Waals surface area contributed by atoms with E-state index in [4.69, 9.17) is 18.4 Å². The summed E-state index contributed by atoms with van der Waals surface area (Å²) in [4.78, 5) is 29.1. The highest BCUT2D eigenvalue weighted by molar-refractivity contribution is 9.10. The van der Waals surface area contributed by atoms with E-state index in [1.54, 1.807) is 12.1 Å². The molecule has 2 aliphatic heterocycles. The number of amides is 2. The van der Waals surface area contributed by atoms with Gasteiger partial charge in [0.25, 0.3) is 16.0 Å². The van der Waals surface area contributed by atoms with Gasteiger partial charge in [0.2, 0.25) is 0 Å². The summed E-state index contributed by atoms with van der Waals surface area (Å²) in [6.07, 6.45) is -1.87. The SMILES string of the molecule is C=CCOC(=O)N1c2cc(OC)c(OC)cc2C(=O)N2CC[C@@H](OS(=O)(=O)c3ccc(Br)cc3)C[C@H]2C1O. The second-order valence-electron chi connectivity index (χ2n) is 8.59. The van der Waals surface area contributed by atoms with Gasteiger partial charge in [0.15, 0.2) is 17.7 Å². The van der Waals surface area contributed by atoms with Crippen molar-refractivity contribution in [1.29, 1.82) is 0 Å². The van der Waals surface area contributed by atoms with Gasteiger partial charge in [-0.15, -0.1) is 0 Å². The molecule has 0 aliphatic carbocycles. The maximum Gasteiger partial charge on any atom is 0.416 e. The number of piperidine rings is 1. The number of ether oxygens (including phenoxy) is 3. The fourth-order valence-corrected chi connectivity index (χ4v) is 5.91. The molecule has 1 saturated heterocycles. The van der Waals surface area contributed by atoms with Crippen molar-refractivity contribution in [3.8, 4) is 11.5 Å². The van der Waals surface area contributed by atoms with Crippen LogP contribution in [0.25, 0.3) is 0 Å². The first-order valence-electron chi connectivity index (χ1n) is 11.6. The monoisotopic (exact) mass is 610 g/mol. The summed E-state index contributed by atoms with van der Waals surface area (Å²) in [5.74, 6) is 0.0124. The molecule has 2 aromatic rings. The maximum atomic E-state index is 13.7. The molecule has 2 heterocycles. The quantitative estimate of drug-likeness (QED) is 0.370. The molecule has 11 nitrogen and oxygen atoms in total. The topological polar surface area (TPSA) is 132 Å². The van der Waals surface area contributed by atoms with E-state index in [-0.39, 0.29) is 53.6 Å². The minimum absolute atomic E-state index is 0.0261. The number of methoxy groups -OCH3 is 2. The predicted octanol–water partition coefficient (Wildman–Crippen LogP) is 3.31. The van der Waals surface area contributed by atoms with Gasteiger partial charge >= 0.3 is 6.09 Å². The molecule has 1 N–H and O–H groups in total. The minimum Gasteiger partial charge on any atom is -0.493 e. The van der Waals surface area contributed by atoms with Crippen LogP contribution in [-0.2, 0) is 19.0 Å². The molecule has 2 aliphatic rings. The highest BCUT2D eigenvalue weighted by Gasteiger charge is 2.47. The van der Waals surface area contributed by atoms with Crippen molar-refractivity contribution in [3.63, 3.8) is 0 Å². The fraction of sp³-hybridized carbons (Fsp3) is 0.360. The number of anilines is 1. The Morgan fingerprint density at radius 1 is 1.18 bits per heavy atom. The lowest BCUT2D eigenvalue weighted by molar-refractivity contribution is -0.00333. The van der Waals surface area contributed by atoms with Crippen LogP contribution in [0.5, 0.6) is 11.5 Å². The van der Waals surface area contributed by atoms with Crippen molar-refractivity contribution in [2.75, 3.05) is 32.3 Å². The van der Waals surface area contributed by atoms with Gasteiger partial charge in [-0.05, 0) is 43.2 Å². The summed E-state index contributed by atoms with van der Waals surface area (Å²) < 4.78 is 47.9. The summed E-state index contributed by atoms with van der Waals surface area (Å²) in [5.41, 5.74) is 0.144. The molecular formula is C25H27BrN2O9S. The first-order valence-corrected chi connectivity index (χ1v) is 13.8. The largest absolute Gasteiger partial charge is 0.493 e. The van der Waals surface area contributed by atoms with Crippen molar-refractivity contribution in [2.45, 2.75) is 36.1 Å². The zero-order chi connectivity index (χ0) is 27.6. The minimum atomic E-state index is -4.12. The van der Waals surface area contributed by atoms with Gasteiger partial charge in [0.05, 0.1) is 42.5 Å². The van der Waals surface area contributed by atoms with Crippen LogP contribution in [0.15, 0.2) is 58.4 Å². The Morgan fingerprint density at radius 2 is 1.84 bits per heavy atom. The number of carbonyl (C=O) groups is 2. The summed E-state index contributed by atoms with van der Waals surface area (Å²) in [6.45, 7) is 3.47.